The molecule has 0 aromatic carbocycles. The van der Waals surface area contributed by atoms with Crippen LogP contribution in [0, 0.1) is 0 Å². The van der Waals surface area contributed by atoms with Crippen molar-refractivity contribution >= 4 is 11.8 Å². The maximum Gasteiger partial charge on any atom is 0.323 e. The highest BCUT2D eigenvalue weighted by Crippen LogP contribution is 1.86. The molecule has 1 atom stereocenters. The molecular formula is C6H13N3O2. The zero-order valence-electron chi connectivity index (χ0n) is 6.68. The lowest BCUT2D eigenvalue weighted by Gasteiger charge is -2.09. The van der Waals surface area contributed by atoms with Crippen LogP contribution in [0.4, 0.5) is 0 Å². The molecule has 0 saturated heterocycles. The van der Waals surface area contributed by atoms with E-state index in [2.05, 4.69) is 5.32 Å². The highest BCUT2D eigenvalue weighted by molar-refractivity contribution is 6.34. The van der Waals surface area contributed by atoms with Gasteiger partial charge in [-0.2, -0.15) is 0 Å². The summed E-state index contributed by atoms with van der Waals surface area (Å²) in [6.07, 6.45) is 0.781. The molecule has 0 aromatic heterocycles. The minimum absolute atomic E-state index is 0.000185. The second-order valence-electron chi connectivity index (χ2n) is 2.26. The Morgan fingerprint density at radius 2 is 2.00 bits per heavy atom. The third-order valence-electron chi connectivity index (χ3n) is 1.33. The standard InChI is InChI=1S/C6H13N3O2/c1-3-4(2)8-5(10)6(11)9-7/h4H,3,7H2,1-2H3,(H,8,10)(H,9,11). The molecule has 0 aliphatic carbocycles. The van der Waals surface area contributed by atoms with Gasteiger partial charge in [0.25, 0.3) is 0 Å². The highest BCUT2D eigenvalue weighted by atomic mass is 16.2. The summed E-state index contributed by atoms with van der Waals surface area (Å²) in [6, 6.07) is -0.000185. The molecule has 0 saturated carbocycles. The summed E-state index contributed by atoms with van der Waals surface area (Å²) in [5, 5.41) is 2.45. The first kappa shape index (κ1) is 9.90. The van der Waals surface area contributed by atoms with Crippen molar-refractivity contribution in [3.8, 4) is 0 Å². The molecule has 0 aliphatic rings. The molecule has 2 amide bonds. The number of amides is 2. The molecule has 0 aliphatic heterocycles. The Hall–Kier alpha value is -1.10. The van der Waals surface area contributed by atoms with E-state index in [1.54, 1.807) is 5.43 Å². The minimum atomic E-state index is -0.815. The molecule has 1 unspecified atom stereocenters. The van der Waals surface area contributed by atoms with Crippen molar-refractivity contribution in [1.82, 2.24) is 10.7 Å². The first-order valence-electron chi connectivity index (χ1n) is 3.43. The Morgan fingerprint density at radius 1 is 1.45 bits per heavy atom. The van der Waals surface area contributed by atoms with E-state index in [0.29, 0.717) is 0 Å². The summed E-state index contributed by atoms with van der Waals surface area (Å²) < 4.78 is 0. The molecule has 0 radical (unpaired) electrons. The Balaban J connectivity index is 3.77. The number of hydrazine groups is 1. The van der Waals surface area contributed by atoms with Crippen LogP contribution in [0.25, 0.3) is 0 Å². The van der Waals surface area contributed by atoms with Gasteiger partial charge in [-0.05, 0) is 13.3 Å². The van der Waals surface area contributed by atoms with Crippen LogP contribution >= 0.6 is 0 Å². The van der Waals surface area contributed by atoms with Crippen molar-refractivity contribution in [2.24, 2.45) is 5.84 Å². The first-order chi connectivity index (χ1) is 5.11. The predicted molar refractivity (Wildman–Crippen MR) is 40.2 cm³/mol. The molecule has 64 valence electrons. The molecular weight excluding hydrogens is 146 g/mol. The SMILES string of the molecule is CCC(C)NC(=O)C(=O)NN. The quantitative estimate of drug-likeness (QED) is 0.207. The summed E-state index contributed by atoms with van der Waals surface area (Å²) in [7, 11) is 0. The number of carbonyl (C=O) groups excluding carboxylic acids is 2. The van der Waals surface area contributed by atoms with E-state index < -0.39 is 11.8 Å². The molecule has 5 heteroatoms. The van der Waals surface area contributed by atoms with Crippen LogP contribution in [-0.4, -0.2) is 17.9 Å². The number of carbonyl (C=O) groups is 2. The Kier molecular flexibility index (Phi) is 4.21. The Morgan fingerprint density at radius 3 is 2.36 bits per heavy atom. The van der Waals surface area contributed by atoms with Gasteiger partial charge in [0.1, 0.15) is 0 Å². The van der Waals surface area contributed by atoms with E-state index in [9.17, 15) is 9.59 Å². The van der Waals surface area contributed by atoms with E-state index in [1.165, 1.54) is 0 Å². The molecule has 0 heterocycles. The van der Waals surface area contributed by atoms with Gasteiger partial charge in [-0.1, -0.05) is 6.92 Å². The van der Waals surface area contributed by atoms with E-state index in [0.717, 1.165) is 6.42 Å². The average Bonchev–Trinajstić information content (AvgIpc) is 2.02. The van der Waals surface area contributed by atoms with E-state index in [4.69, 9.17) is 5.84 Å². The maximum atomic E-state index is 10.7. The van der Waals surface area contributed by atoms with E-state index in [1.807, 2.05) is 13.8 Å². The second kappa shape index (κ2) is 4.68. The van der Waals surface area contributed by atoms with Gasteiger partial charge >= 0.3 is 11.8 Å². The van der Waals surface area contributed by atoms with Gasteiger partial charge < -0.3 is 5.32 Å². The topological polar surface area (TPSA) is 84.2 Å². The van der Waals surface area contributed by atoms with Crippen molar-refractivity contribution in [2.75, 3.05) is 0 Å². The third-order valence-corrected chi connectivity index (χ3v) is 1.33. The van der Waals surface area contributed by atoms with Crippen LogP contribution in [-0.2, 0) is 9.59 Å². The average molecular weight is 159 g/mol. The van der Waals surface area contributed by atoms with Gasteiger partial charge in [0.2, 0.25) is 0 Å². The molecule has 11 heavy (non-hydrogen) atoms. The van der Waals surface area contributed by atoms with Crippen LogP contribution < -0.4 is 16.6 Å². The first-order valence-corrected chi connectivity index (χ1v) is 3.43. The summed E-state index contributed by atoms with van der Waals surface area (Å²) in [5.74, 6) is 3.22. The fraction of sp³-hybridized carbons (Fsp3) is 0.667. The number of nitrogens with two attached hydrogens (primary N) is 1. The lowest BCUT2D eigenvalue weighted by molar-refractivity contribution is -0.139. The summed E-state index contributed by atoms with van der Waals surface area (Å²) in [4.78, 5) is 21.3. The predicted octanol–water partition coefficient (Wildman–Crippen LogP) is -1.11. The third kappa shape index (κ3) is 3.57. The van der Waals surface area contributed by atoms with E-state index >= 15 is 0 Å². The fourth-order valence-electron chi connectivity index (χ4n) is 0.457. The highest BCUT2D eigenvalue weighted by Gasteiger charge is 2.12. The number of hydrogen-bond donors (Lipinski definition) is 3. The van der Waals surface area contributed by atoms with Gasteiger partial charge in [0, 0.05) is 6.04 Å². The van der Waals surface area contributed by atoms with Crippen molar-refractivity contribution in [2.45, 2.75) is 26.3 Å². The molecule has 0 fully saturated rings. The summed E-state index contributed by atoms with van der Waals surface area (Å²) in [6.45, 7) is 3.72. The zero-order valence-corrected chi connectivity index (χ0v) is 6.68. The molecule has 0 rings (SSSR count). The minimum Gasteiger partial charge on any atom is -0.345 e. The fourth-order valence-corrected chi connectivity index (χ4v) is 0.457. The van der Waals surface area contributed by atoms with Crippen LogP contribution in [0.5, 0.6) is 0 Å². The normalized spacial score (nSPS) is 11.9. The monoisotopic (exact) mass is 159 g/mol. The van der Waals surface area contributed by atoms with Crippen LogP contribution in [0.3, 0.4) is 0 Å². The largest absolute Gasteiger partial charge is 0.345 e. The number of hydrogen-bond acceptors (Lipinski definition) is 3. The lowest BCUT2D eigenvalue weighted by atomic mass is 10.2. The van der Waals surface area contributed by atoms with Crippen LogP contribution in [0.1, 0.15) is 20.3 Å². The molecule has 5 nitrogen and oxygen atoms in total. The molecule has 0 spiro atoms. The zero-order chi connectivity index (χ0) is 8.85. The molecule has 4 N–H and O–H groups in total. The smallest absolute Gasteiger partial charge is 0.323 e. The van der Waals surface area contributed by atoms with Crippen molar-refractivity contribution in [3.05, 3.63) is 0 Å². The van der Waals surface area contributed by atoms with Gasteiger partial charge in [-0.3, -0.25) is 15.0 Å². The van der Waals surface area contributed by atoms with Crippen molar-refractivity contribution in [1.29, 1.82) is 0 Å². The van der Waals surface area contributed by atoms with Gasteiger partial charge in [-0.15, -0.1) is 0 Å². The molecule has 0 bridgehead atoms. The summed E-state index contributed by atoms with van der Waals surface area (Å²) in [5.41, 5.74) is 1.74. The van der Waals surface area contributed by atoms with E-state index in [-0.39, 0.29) is 6.04 Å². The van der Waals surface area contributed by atoms with Gasteiger partial charge in [-0.25, -0.2) is 5.84 Å². The van der Waals surface area contributed by atoms with Crippen molar-refractivity contribution < 1.29 is 9.59 Å². The Labute approximate surface area is 65.3 Å². The van der Waals surface area contributed by atoms with Gasteiger partial charge in [0.15, 0.2) is 0 Å². The maximum absolute atomic E-state index is 10.7. The van der Waals surface area contributed by atoms with Gasteiger partial charge in [0.05, 0.1) is 0 Å². The number of nitrogens with one attached hydrogen (secondary N) is 2. The lowest BCUT2D eigenvalue weighted by Crippen LogP contribution is -2.45. The molecule has 0 aromatic rings. The van der Waals surface area contributed by atoms with Crippen LogP contribution in [0.2, 0.25) is 0 Å². The number of rotatable bonds is 2. The van der Waals surface area contributed by atoms with Crippen LogP contribution in [0.15, 0.2) is 0 Å². The Bertz CT molecular complexity index is 158. The summed E-state index contributed by atoms with van der Waals surface area (Å²) >= 11 is 0. The second-order valence-corrected chi connectivity index (χ2v) is 2.26. The van der Waals surface area contributed by atoms with Crippen molar-refractivity contribution in [3.63, 3.8) is 0 Å².